The number of nitrogens with one attached hydrogen (secondary N) is 1. The number of rotatable bonds is 10. The molecule has 0 spiro atoms. The molecule has 1 atom stereocenters. The van der Waals surface area contributed by atoms with Crippen LogP contribution in [-0.4, -0.2) is 15.6 Å². The van der Waals surface area contributed by atoms with Crippen molar-refractivity contribution >= 4 is 28.4 Å². The molecule has 1 aliphatic carbocycles. The van der Waals surface area contributed by atoms with E-state index in [1.54, 1.807) is 12.1 Å². The highest BCUT2D eigenvalue weighted by atomic mass is 35.5. The molecule has 0 unspecified atom stereocenters. The van der Waals surface area contributed by atoms with Crippen molar-refractivity contribution in [2.45, 2.75) is 71.9 Å². The molecule has 1 fully saturated rings. The molecule has 0 saturated heterocycles. The van der Waals surface area contributed by atoms with Crippen molar-refractivity contribution in [1.29, 1.82) is 0 Å². The smallest absolute Gasteiger partial charge is 0.251 e. The maximum absolute atomic E-state index is 13.3. The summed E-state index contributed by atoms with van der Waals surface area (Å²) in [5.41, 5.74) is 7.69. The van der Waals surface area contributed by atoms with Crippen molar-refractivity contribution in [2.75, 3.05) is 0 Å². The van der Waals surface area contributed by atoms with Gasteiger partial charge in [-0.3, -0.25) is 4.79 Å². The van der Waals surface area contributed by atoms with Crippen LogP contribution in [-0.2, 0) is 19.4 Å². The van der Waals surface area contributed by atoms with Gasteiger partial charge in [0.1, 0.15) is 5.75 Å². The Morgan fingerprint density at radius 2 is 1.82 bits per heavy atom. The van der Waals surface area contributed by atoms with Gasteiger partial charge in [-0.05, 0) is 98.4 Å². The van der Waals surface area contributed by atoms with Crippen LogP contribution in [0.3, 0.4) is 0 Å². The summed E-state index contributed by atoms with van der Waals surface area (Å²) in [6.45, 7) is 7.39. The molecule has 0 radical (unpaired) electrons. The van der Waals surface area contributed by atoms with Crippen molar-refractivity contribution in [3.8, 4) is 5.75 Å². The molecule has 1 aromatic heterocycles. The molecule has 5 rings (SSSR count). The minimum absolute atomic E-state index is 0.0598. The van der Waals surface area contributed by atoms with Gasteiger partial charge in [0, 0.05) is 28.7 Å². The predicted octanol–water partition coefficient (Wildman–Crippen LogP) is 8.14. The lowest BCUT2D eigenvalue weighted by atomic mass is 10.0. The summed E-state index contributed by atoms with van der Waals surface area (Å²) in [5.74, 6) is 0.747. The maximum atomic E-state index is 13.3. The summed E-state index contributed by atoms with van der Waals surface area (Å²) >= 11 is 6.03. The van der Waals surface area contributed by atoms with E-state index in [0.29, 0.717) is 22.9 Å². The van der Waals surface area contributed by atoms with E-state index in [1.807, 2.05) is 25.1 Å². The van der Waals surface area contributed by atoms with Gasteiger partial charge in [0.2, 0.25) is 0 Å². The van der Waals surface area contributed by atoms with E-state index < -0.39 is 0 Å². The predicted molar refractivity (Wildman–Crippen MR) is 156 cm³/mol. The second-order valence-electron chi connectivity index (χ2n) is 10.9. The number of halogens is 1. The Bertz CT molecular complexity index is 1450. The van der Waals surface area contributed by atoms with E-state index in [0.717, 1.165) is 35.0 Å². The van der Waals surface area contributed by atoms with E-state index in [1.165, 1.54) is 42.5 Å². The number of phenols is 1. The number of fused-ring (bicyclic) bond motifs is 1. The normalized spacial score (nSPS) is 14.1. The average Bonchev–Trinajstić information content (AvgIpc) is 3.71. The fourth-order valence-electron chi connectivity index (χ4n) is 5.30. The summed E-state index contributed by atoms with van der Waals surface area (Å²) in [7, 11) is 0. The number of nitrogens with zero attached hydrogens (tertiary/aromatic N) is 1. The minimum atomic E-state index is -0.0773. The first-order chi connectivity index (χ1) is 18.3. The fraction of sp³-hybridized carbons (Fsp3) is 0.364. The second kappa shape index (κ2) is 11.2. The lowest BCUT2D eigenvalue weighted by molar-refractivity contribution is 0.0940. The molecule has 2 N–H and O–H groups in total. The van der Waals surface area contributed by atoms with Crippen LogP contribution in [0.25, 0.3) is 10.9 Å². The maximum Gasteiger partial charge on any atom is 0.251 e. The zero-order valence-corrected chi connectivity index (χ0v) is 23.3. The van der Waals surface area contributed by atoms with E-state index in [2.05, 4.69) is 54.1 Å². The Balaban J connectivity index is 1.40. The first-order valence-electron chi connectivity index (χ1n) is 13.8. The highest BCUT2D eigenvalue weighted by Gasteiger charge is 2.25. The Kier molecular flexibility index (Phi) is 7.80. The number of carbonyl (C=O) groups is 1. The third kappa shape index (κ3) is 5.76. The van der Waals surface area contributed by atoms with Crippen LogP contribution in [0, 0.1) is 12.8 Å². The molecule has 1 heterocycles. The Labute approximate surface area is 230 Å². The van der Waals surface area contributed by atoms with Crippen molar-refractivity contribution < 1.29 is 9.90 Å². The number of aryl methyl sites for hydroxylation is 1. The third-order valence-corrected chi connectivity index (χ3v) is 8.21. The van der Waals surface area contributed by atoms with Crippen molar-refractivity contribution in [2.24, 2.45) is 5.92 Å². The molecular weight excluding hydrogens is 492 g/mol. The number of aromatic nitrogens is 1. The van der Waals surface area contributed by atoms with Crippen LogP contribution in [0.2, 0.25) is 5.02 Å². The van der Waals surface area contributed by atoms with Crippen LogP contribution < -0.4 is 5.32 Å². The van der Waals surface area contributed by atoms with Crippen LogP contribution in [0.1, 0.15) is 83.9 Å². The molecule has 38 heavy (non-hydrogen) atoms. The summed E-state index contributed by atoms with van der Waals surface area (Å²) in [4.78, 5) is 13.3. The van der Waals surface area contributed by atoms with Crippen LogP contribution in [0.4, 0.5) is 0 Å². The molecule has 198 valence electrons. The van der Waals surface area contributed by atoms with Gasteiger partial charge in [0.05, 0.1) is 11.1 Å². The van der Waals surface area contributed by atoms with E-state index in [4.69, 9.17) is 11.6 Å². The van der Waals surface area contributed by atoms with Gasteiger partial charge in [-0.1, -0.05) is 61.3 Å². The number of hydrogen-bond acceptors (Lipinski definition) is 2. The zero-order valence-electron chi connectivity index (χ0n) is 22.6. The van der Waals surface area contributed by atoms with Crippen molar-refractivity contribution in [1.82, 2.24) is 9.88 Å². The molecule has 1 saturated carbocycles. The largest absolute Gasteiger partial charge is 0.506 e. The van der Waals surface area contributed by atoms with E-state index in [9.17, 15) is 9.90 Å². The molecule has 4 nitrogen and oxygen atoms in total. The Morgan fingerprint density at radius 3 is 2.50 bits per heavy atom. The molecule has 5 heteroatoms. The Morgan fingerprint density at radius 1 is 1.08 bits per heavy atom. The molecule has 4 aromatic rings. The van der Waals surface area contributed by atoms with E-state index in [-0.39, 0.29) is 17.7 Å². The number of phenolic OH excluding ortho intramolecular Hbond substituents is 1. The number of amides is 1. The molecule has 0 bridgehead atoms. The van der Waals surface area contributed by atoms with Crippen molar-refractivity contribution in [3.63, 3.8) is 0 Å². The van der Waals surface area contributed by atoms with Crippen molar-refractivity contribution in [3.05, 3.63) is 99.2 Å². The fourth-order valence-corrected chi connectivity index (χ4v) is 5.41. The highest BCUT2D eigenvalue weighted by molar-refractivity contribution is 6.32. The first-order valence-corrected chi connectivity index (χ1v) is 14.2. The number of benzene rings is 3. The number of carbonyl (C=O) groups excluding carboxylic acids is 1. The lowest BCUT2D eigenvalue weighted by Gasteiger charge is -2.15. The van der Waals surface area contributed by atoms with Crippen LogP contribution in [0.5, 0.6) is 5.75 Å². The summed E-state index contributed by atoms with van der Waals surface area (Å²) < 4.78 is 2.38. The molecule has 1 aliphatic rings. The van der Waals surface area contributed by atoms with Gasteiger partial charge in [-0.25, -0.2) is 0 Å². The molecule has 1 amide bonds. The minimum Gasteiger partial charge on any atom is -0.506 e. The van der Waals surface area contributed by atoms with Gasteiger partial charge in [-0.2, -0.15) is 0 Å². The number of hydrogen-bond donors (Lipinski definition) is 2. The van der Waals surface area contributed by atoms with Gasteiger partial charge >= 0.3 is 0 Å². The summed E-state index contributed by atoms with van der Waals surface area (Å²) in [6.07, 6.45) is 6.69. The zero-order chi connectivity index (χ0) is 26.8. The van der Waals surface area contributed by atoms with Gasteiger partial charge in [-0.15, -0.1) is 0 Å². The number of aromatic hydroxyl groups is 1. The monoisotopic (exact) mass is 528 g/mol. The average molecular weight is 529 g/mol. The van der Waals surface area contributed by atoms with Crippen LogP contribution >= 0.6 is 11.6 Å². The standard InChI is InChI=1S/C33H37ClN2O2/c1-4-5-6-23-9-12-26(13-10-23)21(2)35-33(38)27-14-15-28-29(17-25-11-16-30(34)32(37)18-25)22(3)36(31(28)19-27)20-24-7-8-24/h9-16,18-19,21,24,37H,4-8,17,20H2,1-3H3,(H,35,38)/t21-/m0/s1. The van der Waals surface area contributed by atoms with Gasteiger partial charge in [0.25, 0.3) is 5.91 Å². The second-order valence-corrected chi connectivity index (χ2v) is 11.3. The number of unbranched alkanes of at least 4 members (excludes halogenated alkanes) is 1. The molecular formula is C33H37ClN2O2. The van der Waals surface area contributed by atoms with E-state index >= 15 is 0 Å². The lowest BCUT2D eigenvalue weighted by Crippen LogP contribution is -2.26. The first kappa shape index (κ1) is 26.4. The SMILES string of the molecule is CCCCc1ccc([C@H](C)NC(=O)c2ccc3c(Cc4ccc(Cl)c(O)c4)c(C)n(CC4CC4)c3c2)cc1. The quantitative estimate of drug-likeness (QED) is 0.218. The highest BCUT2D eigenvalue weighted by Crippen LogP contribution is 2.36. The molecule has 3 aromatic carbocycles. The summed E-state index contributed by atoms with van der Waals surface area (Å²) in [5, 5.41) is 14.8. The van der Waals surface area contributed by atoms with Crippen LogP contribution in [0.15, 0.2) is 60.7 Å². The summed E-state index contributed by atoms with van der Waals surface area (Å²) in [6, 6.07) is 20.0. The van der Waals surface area contributed by atoms with Gasteiger partial charge < -0.3 is 15.0 Å². The topological polar surface area (TPSA) is 54.3 Å². The molecule has 0 aliphatic heterocycles. The third-order valence-electron chi connectivity index (χ3n) is 7.89. The Hall–Kier alpha value is -3.24. The van der Waals surface area contributed by atoms with Gasteiger partial charge in [0.15, 0.2) is 0 Å².